The van der Waals surface area contributed by atoms with Gasteiger partial charge in [0.15, 0.2) is 0 Å². The molecule has 1 rings (SSSR count). The third-order valence-electron chi connectivity index (χ3n) is 3.18. The lowest BCUT2D eigenvalue weighted by molar-refractivity contribution is -0.125. The fourth-order valence-electron chi connectivity index (χ4n) is 1.93. The summed E-state index contributed by atoms with van der Waals surface area (Å²) in [6, 6.07) is -0.234. The summed E-state index contributed by atoms with van der Waals surface area (Å²) in [5.41, 5.74) is 5.27. The molecule has 102 valence electrons. The Morgan fingerprint density at radius 1 is 1.39 bits per heavy atom. The number of rotatable bonds is 6. The van der Waals surface area contributed by atoms with Gasteiger partial charge in [-0.1, -0.05) is 6.08 Å². The second kappa shape index (κ2) is 7.13. The molecule has 1 aliphatic rings. The molecule has 0 radical (unpaired) electrons. The molecule has 1 fully saturated rings. The smallest absolute Gasteiger partial charge is 0.234 e. The molecule has 1 heterocycles. The maximum absolute atomic E-state index is 11.5. The van der Waals surface area contributed by atoms with Crippen molar-refractivity contribution in [2.24, 2.45) is 5.73 Å². The summed E-state index contributed by atoms with van der Waals surface area (Å²) in [4.78, 5) is 26.7. The Kier molecular flexibility index (Phi) is 5.80. The first-order chi connectivity index (χ1) is 8.54. The molecular weight excluding hydrogens is 232 g/mol. The van der Waals surface area contributed by atoms with Crippen LogP contribution in [0.4, 0.5) is 0 Å². The third kappa shape index (κ3) is 4.46. The molecular formula is C12H22N4O2. The van der Waals surface area contributed by atoms with E-state index in [1.165, 1.54) is 0 Å². The van der Waals surface area contributed by atoms with Gasteiger partial charge in [-0.25, -0.2) is 0 Å². The lowest BCUT2D eigenvalue weighted by Crippen LogP contribution is -2.54. The molecule has 18 heavy (non-hydrogen) atoms. The van der Waals surface area contributed by atoms with Gasteiger partial charge in [0.2, 0.25) is 11.8 Å². The van der Waals surface area contributed by atoms with E-state index < -0.39 is 0 Å². The van der Waals surface area contributed by atoms with Crippen LogP contribution in [0.2, 0.25) is 0 Å². The van der Waals surface area contributed by atoms with Crippen molar-refractivity contribution in [1.82, 2.24) is 15.1 Å². The molecule has 0 saturated carbocycles. The van der Waals surface area contributed by atoms with Crippen LogP contribution in [0.15, 0.2) is 12.7 Å². The first-order valence-electron chi connectivity index (χ1n) is 6.18. The van der Waals surface area contributed by atoms with Gasteiger partial charge in [0.1, 0.15) is 0 Å². The minimum absolute atomic E-state index is 0.00583. The van der Waals surface area contributed by atoms with Crippen LogP contribution in [-0.2, 0) is 9.59 Å². The van der Waals surface area contributed by atoms with Crippen molar-refractivity contribution in [1.29, 1.82) is 0 Å². The molecule has 0 aromatic carbocycles. The van der Waals surface area contributed by atoms with E-state index in [1.807, 2.05) is 11.8 Å². The normalized spacial score (nSPS) is 19.2. The first kappa shape index (κ1) is 14.7. The summed E-state index contributed by atoms with van der Waals surface area (Å²) >= 11 is 0. The van der Waals surface area contributed by atoms with Crippen LogP contribution in [0.1, 0.15) is 6.92 Å². The first-order valence-corrected chi connectivity index (χ1v) is 6.18. The Hall–Kier alpha value is -1.40. The van der Waals surface area contributed by atoms with Gasteiger partial charge < -0.3 is 11.1 Å². The molecule has 0 aromatic rings. The lowest BCUT2D eigenvalue weighted by Gasteiger charge is -2.36. The zero-order valence-corrected chi connectivity index (χ0v) is 10.9. The highest BCUT2D eigenvalue weighted by molar-refractivity contribution is 5.79. The monoisotopic (exact) mass is 254 g/mol. The predicted molar refractivity (Wildman–Crippen MR) is 69.9 cm³/mol. The minimum Gasteiger partial charge on any atom is -0.368 e. The molecule has 6 nitrogen and oxygen atoms in total. The van der Waals surface area contributed by atoms with Crippen LogP contribution in [0, 0.1) is 0 Å². The topological polar surface area (TPSA) is 78.7 Å². The van der Waals surface area contributed by atoms with Gasteiger partial charge >= 0.3 is 0 Å². The van der Waals surface area contributed by atoms with E-state index in [2.05, 4.69) is 16.8 Å². The van der Waals surface area contributed by atoms with Crippen molar-refractivity contribution in [3.05, 3.63) is 12.7 Å². The molecule has 2 amide bonds. The van der Waals surface area contributed by atoms with Crippen LogP contribution in [0.3, 0.4) is 0 Å². The van der Waals surface area contributed by atoms with Crippen LogP contribution in [-0.4, -0.2) is 66.9 Å². The minimum atomic E-state index is -0.299. The average molecular weight is 254 g/mol. The summed E-state index contributed by atoms with van der Waals surface area (Å²) in [6.07, 6.45) is 1.66. The number of hydrogen-bond donors (Lipinski definition) is 2. The fourth-order valence-corrected chi connectivity index (χ4v) is 1.93. The molecule has 1 atom stereocenters. The zero-order chi connectivity index (χ0) is 13.5. The number of hydrogen-bond acceptors (Lipinski definition) is 4. The quantitative estimate of drug-likeness (QED) is 0.582. The number of amides is 2. The van der Waals surface area contributed by atoms with Crippen LogP contribution in [0.25, 0.3) is 0 Å². The number of carbonyl (C=O) groups excluding carboxylic acids is 2. The largest absolute Gasteiger partial charge is 0.368 e. The number of nitrogens with two attached hydrogens (primary N) is 1. The molecule has 1 saturated heterocycles. The Morgan fingerprint density at radius 3 is 2.50 bits per heavy atom. The zero-order valence-electron chi connectivity index (χ0n) is 10.9. The Balaban J connectivity index is 2.29. The van der Waals surface area contributed by atoms with Crippen molar-refractivity contribution in [3.8, 4) is 0 Å². The Bertz CT molecular complexity index is 311. The molecule has 3 N–H and O–H groups in total. The van der Waals surface area contributed by atoms with Gasteiger partial charge in [-0.05, 0) is 6.92 Å². The SMILES string of the molecule is C=CCNC(=O)CN1CCN(C(C)C(N)=O)CC1. The second-order valence-corrected chi connectivity index (χ2v) is 4.48. The van der Waals surface area contributed by atoms with E-state index in [0.717, 1.165) is 26.2 Å². The van der Waals surface area contributed by atoms with E-state index in [0.29, 0.717) is 13.1 Å². The lowest BCUT2D eigenvalue weighted by atomic mass is 10.2. The highest BCUT2D eigenvalue weighted by Gasteiger charge is 2.24. The van der Waals surface area contributed by atoms with E-state index in [9.17, 15) is 9.59 Å². The maximum Gasteiger partial charge on any atom is 0.234 e. The van der Waals surface area contributed by atoms with Gasteiger partial charge in [0, 0.05) is 32.7 Å². The summed E-state index contributed by atoms with van der Waals surface area (Å²) in [5, 5.41) is 2.75. The molecule has 1 aliphatic heterocycles. The van der Waals surface area contributed by atoms with Crippen molar-refractivity contribution >= 4 is 11.8 Å². The average Bonchev–Trinajstić information content (AvgIpc) is 2.36. The van der Waals surface area contributed by atoms with Crippen molar-refractivity contribution in [3.63, 3.8) is 0 Å². The second-order valence-electron chi connectivity index (χ2n) is 4.48. The molecule has 0 aliphatic carbocycles. The standard InChI is InChI=1S/C12H22N4O2/c1-3-4-14-11(17)9-15-5-7-16(8-6-15)10(2)12(13)18/h3,10H,1,4-9H2,2H3,(H2,13,18)(H,14,17). The molecule has 6 heteroatoms. The van der Waals surface area contributed by atoms with Gasteiger partial charge in [-0.3, -0.25) is 19.4 Å². The summed E-state index contributed by atoms with van der Waals surface area (Å²) in [5.74, 6) is -0.293. The van der Waals surface area contributed by atoms with Crippen molar-refractivity contribution in [2.75, 3.05) is 39.3 Å². The Labute approximate surface area is 108 Å². The Morgan fingerprint density at radius 2 is 2.00 bits per heavy atom. The summed E-state index contributed by atoms with van der Waals surface area (Å²) in [6.45, 7) is 9.33. The fraction of sp³-hybridized carbons (Fsp3) is 0.667. The highest BCUT2D eigenvalue weighted by atomic mass is 16.2. The van der Waals surface area contributed by atoms with Gasteiger partial charge in [0.25, 0.3) is 0 Å². The van der Waals surface area contributed by atoms with Crippen molar-refractivity contribution in [2.45, 2.75) is 13.0 Å². The number of carbonyl (C=O) groups is 2. The van der Waals surface area contributed by atoms with Crippen molar-refractivity contribution < 1.29 is 9.59 Å². The maximum atomic E-state index is 11.5. The molecule has 0 aromatic heterocycles. The van der Waals surface area contributed by atoms with E-state index in [4.69, 9.17) is 5.73 Å². The van der Waals surface area contributed by atoms with Gasteiger partial charge in [0.05, 0.1) is 12.6 Å². The van der Waals surface area contributed by atoms with Crippen LogP contribution >= 0.6 is 0 Å². The third-order valence-corrected chi connectivity index (χ3v) is 3.18. The number of nitrogens with one attached hydrogen (secondary N) is 1. The summed E-state index contributed by atoms with van der Waals surface area (Å²) in [7, 11) is 0. The van der Waals surface area contributed by atoms with E-state index in [-0.39, 0.29) is 17.9 Å². The van der Waals surface area contributed by atoms with Gasteiger partial charge in [-0.2, -0.15) is 0 Å². The van der Waals surface area contributed by atoms with Gasteiger partial charge in [-0.15, -0.1) is 6.58 Å². The molecule has 0 spiro atoms. The number of primary amides is 1. The van der Waals surface area contributed by atoms with E-state index in [1.54, 1.807) is 6.08 Å². The molecule has 0 bridgehead atoms. The molecule has 1 unspecified atom stereocenters. The predicted octanol–water partition coefficient (Wildman–Crippen LogP) is -1.22. The van der Waals surface area contributed by atoms with Crippen LogP contribution in [0.5, 0.6) is 0 Å². The highest BCUT2D eigenvalue weighted by Crippen LogP contribution is 2.05. The van der Waals surface area contributed by atoms with Crippen LogP contribution < -0.4 is 11.1 Å². The number of piperazine rings is 1. The summed E-state index contributed by atoms with van der Waals surface area (Å²) < 4.78 is 0. The number of nitrogens with zero attached hydrogens (tertiary/aromatic N) is 2. The van der Waals surface area contributed by atoms with E-state index >= 15 is 0 Å².